The van der Waals surface area contributed by atoms with Gasteiger partial charge in [-0.3, -0.25) is 0 Å². The molecule has 41 heavy (non-hydrogen) atoms. The van der Waals surface area contributed by atoms with Gasteiger partial charge in [0, 0.05) is 11.5 Å². The molecule has 0 nitrogen and oxygen atoms in total. The molecule has 5 aromatic carbocycles. The second-order valence-corrected chi connectivity index (χ2v) is 8.60. The Morgan fingerprint density at radius 3 is 1.41 bits per heavy atom. The summed E-state index contributed by atoms with van der Waals surface area (Å²) in [6.07, 6.45) is 0. The number of halogens is 14. The maximum Gasteiger partial charge on any atom is 0.254 e. The molecule has 5 rings (SSSR count). The SMILES string of the molecule is Fc1ccc(B(c2c(F)c(F)c(F)c3c(F)c(F)ccc23)c2c(F)c(F)c(F)c3c(F)c(F)c(F)c(F)c23)c(F)c1. The summed E-state index contributed by atoms with van der Waals surface area (Å²) < 4.78 is 205. The summed E-state index contributed by atoms with van der Waals surface area (Å²) in [7, 11) is 0. The minimum Gasteiger partial charge on any atom is -0.207 e. The van der Waals surface area contributed by atoms with E-state index in [1.807, 2.05) is 0 Å². The van der Waals surface area contributed by atoms with Crippen molar-refractivity contribution in [1.29, 1.82) is 0 Å². The highest BCUT2D eigenvalue weighted by molar-refractivity contribution is 6.98. The molecule has 15 heteroatoms. The van der Waals surface area contributed by atoms with E-state index >= 15 is 17.6 Å². The van der Waals surface area contributed by atoms with Gasteiger partial charge in [-0.1, -0.05) is 12.1 Å². The van der Waals surface area contributed by atoms with Gasteiger partial charge in [0.15, 0.2) is 69.8 Å². The molecule has 0 amide bonds. The van der Waals surface area contributed by atoms with Gasteiger partial charge < -0.3 is 0 Å². The zero-order chi connectivity index (χ0) is 30.2. The average Bonchev–Trinajstić information content (AvgIpc) is 2.93. The summed E-state index contributed by atoms with van der Waals surface area (Å²) in [6.45, 7) is -2.96. The first-order chi connectivity index (χ1) is 19.2. The molecule has 0 heterocycles. The predicted molar refractivity (Wildman–Crippen MR) is 118 cm³/mol. The maximum absolute atomic E-state index is 15.5. The number of rotatable bonds is 3. The van der Waals surface area contributed by atoms with Gasteiger partial charge in [-0.2, -0.15) is 0 Å². The van der Waals surface area contributed by atoms with E-state index in [4.69, 9.17) is 0 Å². The lowest BCUT2D eigenvalue weighted by atomic mass is 9.35. The summed E-state index contributed by atoms with van der Waals surface area (Å²) in [4.78, 5) is 0. The Morgan fingerprint density at radius 2 is 0.854 bits per heavy atom. The predicted octanol–water partition coefficient (Wildman–Crippen LogP) is 6.46. The molecule has 0 fully saturated rings. The fraction of sp³-hybridized carbons (Fsp3) is 0. The number of hydrogen-bond acceptors (Lipinski definition) is 0. The van der Waals surface area contributed by atoms with Gasteiger partial charge in [0.1, 0.15) is 11.6 Å². The molecule has 0 aliphatic carbocycles. The van der Waals surface area contributed by atoms with E-state index in [0.29, 0.717) is 18.2 Å². The minimum atomic E-state index is -2.96. The van der Waals surface area contributed by atoms with E-state index in [1.54, 1.807) is 0 Å². The van der Waals surface area contributed by atoms with E-state index in [-0.39, 0.29) is 12.1 Å². The summed E-state index contributed by atoms with van der Waals surface area (Å²) in [5.74, 6) is -33.3. The van der Waals surface area contributed by atoms with Crippen LogP contribution < -0.4 is 16.4 Å². The van der Waals surface area contributed by atoms with Gasteiger partial charge in [0.05, 0.1) is 10.8 Å². The van der Waals surface area contributed by atoms with Crippen LogP contribution in [-0.2, 0) is 0 Å². The fourth-order valence-electron chi connectivity index (χ4n) is 4.70. The number of hydrogen-bond donors (Lipinski definition) is 0. The van der Waals surface area contributed by atoms with E-state index in [1.165, 1.54) is 0 Å². The molecule has 0 unspecified atom stereocenters. The Balaban J connectivity index is 2.13. The highest BCUT2D eigenvalue weighted by atomic mass is 19.2. The van der Waals surface area contributed by atoms with Crippen molar-refractivity contribution in [1.82, 2.24) is 0 Å². The Kier molecular flexibility index (Phi) is 6.66. The van der Waals surface area contributed by atoms with Crippen LogP contribution in [0, 0.1) is 81.4 Å². The third kappa shape index (κ3) is 3.92. The molecular formula is C26H5BF14. The first-order valence-corrected chi connectivity index (χ1v) is 10.9. The normalized spacial score (nSPS) is 11.7. The Hall–Kier alpha value is -4.30. The van der Waals surface area contributed by atoms with Crippen molar-refractivity contribution >= 4 is 44.6 Å². The lowest BCUT2D eigenvalue weighted by Gasteiger charge is -2.23. The molecule has 210 valence electrons. The molecule has 5 aromatic rings. The second-order valence-electron chi connectivity index (χ2n) is 8.60. The van der Waals surface area contributed by atoms with Crippen LogP contribution in [0.15, 0.2) is 30.3 Å². The molecule has 0 aromatic heterocycles. The summed E-state index contributed by atoms with van der Waals surface area (Å²) in [5, 5.41) is -7.00. The number of benzene rings is 5. The van der Waals surface area contributed by atoms with Crippen molar-refractivity contribution in [3.8, 4) is 0 Å². The largest absolute Gasteiger partial charge is 0.254 e. The Morgan fingerprint density at radius 1 is 0.366 bits per heavy atom. The monoisotopic (exact) mass is 594 g/mol. The van der Waals surface area contributed by atoms with Crippen molar-refractivity contribution < 1.29 is 61.5 Å². The molecule has 0 atom stereocenters. The highest BCUT2D eigenvalue weighted by Gasteiger charge is 2.41. The van der Waals surface area contributed by atoms with Gasteiger partial charge in [-0.05, 0) is 33.9 Å². The van der Waals surface area contributed by atoms with Crippen LogP contribution in [0.3, 0.4) is 0 Å². The fourth-order valence-corrected chi connectivity index (χ4v) is 4.70. The van der Waals surface area contributed by atoms with Crippen LogP contribution in [0.2, 0.25) is 0 Å². The van der Waals surface area contributed by atoms with Gasteiger partial charge in [0.2, 0.25) is 0 Å². The quantitative estimate of drug-likeness (QED) is 0.0975. The zero-order valence-electron chi connectivity index (χ0n) is 19.3. The third-order valence-electron chi connectivity index (χ3n) is 6.46. The first kappa shape index (κ1) is 28.2. The molecule has 0 aliphatic heterocycles. The lowest BCUT2D eigenvalue weighted by Crippen LogP contribution is -2.57. The van der Waals surface area contributed by atoms with E-state index < -0.39 is 126 Å². The van der Waals surface area contributed by atoms with Gasteiger partial charge in [-0.15, -0.1) is 0 Å². The first-order valence-electron chi connectivity index (χ1n) is 10.9. The minimum absolute atomic E-state index is 0.0275. The van der Waals surface area contributed by atoms with Gasteiger partial charge in [-0.25, -0.2) is 61.5 Å². The standard InChI is InChI=1S/C26H5BF14/c28-6-1-3-8(10(30)5-6)27(14-7-2-4-9(29)16(31)11(7)17(32)23(38)21(14)36)15-12-13(19(34)24(39)22(15)37)20(35)26(41)25(40)18(12)33/h1-5H. The highest BCUT2D eigenvalue weighted by Crippen LogP contribution is 2.32. The molecule has 0 bridgehead atoms. The Labute approximate surface area is 218 Å². The smallest absolute Gasteiger partial charge is 0.207 e. The van der Waals surface area contributed by atoms with Gasteiger partial charge >= 0.3 is 0 Å². The van der Waals surface area contributed by atoms with Crippen molar-refractivity contribution in [2.75, 3.05) is 0 Å². The second kappa shape index (κ2) is 9.66. The van der Waals surface area contributed by atoms with Crippen LogP contribution in [0.5, 0.6) is 0 Å². The van der Waals surface area contributed by atoms with Crippen LogP contribution in [-0.4, -0.2) is 6.71 Å². The van der Waals surface area contributed by atoms with Gasteiger partial charge in [0.25, 0.3) is 6.71 Å². The molecule has 0 spiro atoms. The van der Waals surface area contributed by atoms with Crippen molar-refractivity contribution in [3.63, 3.8) is 0 Å². The summed E-state index contributed by atoms with van der Waals surface area (Å²) in [5.41, 5.74) is -4.80. The third-order valence-corrected chi connectivity index (χ3v) is 6.46. The molecule has 0 aliphatic rings. The van der Waals surface area contributed by atoms with Crippen molar-refractivity contribution in [3.05, 3.63) is 112 Å². The lowest BCUT2D eigenvalue weighted by molar-refractivity contribution is 0.411. The molecule has 0 N–H and O–H groups in total. The Bertz CT molecular complexity index is 1940. The van der Waals surface area contributed by atoms with Crippen LogP contribution in [0.4, 0.5) is 61.5 Å². The van der Waals surface area contributed by atoms with Crippen LogP contribution in [0.1, 0.15) is 0 Å². The van der Waals surface area contributed by atoms with E-state index in [9.17, 15) is 43.9 Å². The molecule has 0 radical (unpaired) electrons. The summed E-state index contributed by atoms with van der Waals surface area (Å²) in [6, 6.07) is 1.34. The average molecular weight is 594 g/mol. The van der Waals surface area contributed by atoms with E-state index in [0.717, 1.165) is 0 Å². The van der Waals surface area contributed by atoms with Crippen molar-refractivity contribution in [2.24, 2.45) is 0 Å². The molecule has 0 saturated heterocycles. The van der Waals surface area contributed by atoms with Crippen LogP contribution >= 0.6 is 0 Å². The maximum atomic E-state index is 15.5. The van der Waals surface area contributed by atoms with Crippen LogP contribution in [0.25, 0.3) is 21.5 Å². The van der Waals surface area contributed by atoms with Crippen molar-refractivity contribution in [2.45, 2.75) is 0 Å². The summed E-state index contributed by atoms with van der Waals surface area (Å²) >= 11 is 0. The topological polar surface area (TPSA) is 0 Å². The zero-order valence-corrected chi connectivity index (χ0v) is 19.3. The number of fused-ring (bicyclic) bond motifs is 2. The molecular weight excluding hydrogens is 589 g/mol. The molecule has 0 saturated carbocycles. The van der Waals surface area contributed by atoms with E-state index in [2.05, 4.69) is 0 Å².